The number of pyridine rings is 1. The highest BCUT2D eigenvalue weighted by atomic mass is 19.3. The fourth-order valence-corrected chi connectivity index (χ4v) is 4.16. The fourth-order valence-electron chi connectivity index (χ4n) is 4.16. The zero-order valence-electron chi connectivity index (χ0n) is 17.5. The third-order valence-corrected chi connectivity index (χ3v) is 6.11. The van der Waals surface area contributed by atoms with Crippen molar-refractivity contribution in [2.45, 2.75) is 44.1 Å². The number of aromatic amines is 1. The SMILES string of the molecule is C[C@H](c1ccc(C(F)F)nc1)n1nc(C#N)c2c(=O)[nH]c([C@H]3CC[C@H]3c3ncccn3)nc21. The van der Waals surface area contributed by atoms with Crippen LogP contribution in [0.5, 0.6) is 0 Å². The maximum atomic E-state index is 12.9. The molecule has 4 aromatic rings. The number of aromatic nitrogens is 7. The topological polar surface area (TPSA) is 126 Å². The summed E-state index contributed by atoms with van der Waals surface area (Å²) >= 11 is 0. The van der Waals surface area contributed by atoms with E-state index in [1.54, 1.807) is 25.4 Å². The molecule has 0 radical (unpaired) electrons. The largest absolute Gasteiger partial charge is 0.310 e. The molecule has 33 heavy (non-hydrogen) atoms. The number of nitrogens with zero attached hydrogens (tertiary/aromatic N) is 7. The van der Waals surface area contributed by atoms with E-state index >= 15 is 0 Å². The van der Waals surface area contributed by atoms with Crippen molar-refractivity contribution >= 4 is 11.0 Å². The Morgan fingerprint density at radius 3 is 2.55 bits per heavy atom. The van der Waals surface area contributed by atoms with Crippen LogP contribution in [0, 0.1) is 11.3 Å². The molecular weight excluding hydrogens is 430 g/mol. The summed E-state index contributed by atoms with van der Waals surface area (Å²) in [6.45, 7) is 1.78. The van der Waals surface area contributed by atoms with Crippen LogP contribution >= 0.6 is 0 Å². The minimum absolute atomic E-state index is 0.0297. The summed E-state index contributed by atoms with van der Waals surface area (Å²) in [5, 5.41) is 13.9. The van der Waals surface area contributed by atoms with Gasteiger partial charge in [0.05, 0.1) is 6.04 Å². The zero-order chi connectivity index (χ0) is 23.1. The molecule has 0 aliphatic heterocycles. The molecule has 1 N–H and O–H groups in total. The van der Waals surface area contributed by atoms with Gasteiger partial charge in [-0.15, -0.1) is 0 Å². The summed E-state index contributed by atoms with van der Waals surface area (Å²) in [6, 6.07) is 5.97. The van der Waals surface area contributed by atoms with E-state index < -0.39 is 18.0 Å². The monoisotopic (exact) mass is 448 g/mol. The maximum Gasteiger partial charge on any atom is 0.280 e. The lowest BCUT2D eigenvalue weighted by Crippen LogP contribution is -2.28. The molecule has 1 aliphatic rings. The van der Waals surface area contributed by atoms with E-state index in [4.69, 9.17) is 4.98 Å². The van der Waals surface area contributed by atoms with Crippen molar-refractivity contribution < 1.29 is 8.78 Å². The van der Waals surface area contributed by atoms with E-state index in [-0.39, 0.29) is 34.3 Å². The fraction of sp³-hybridized carbons (Fsp3) is 0.318. The normalized spacial score (nSPS) is 18.8. The molecule has 4 aromatic heterocycles. The van der Waals surface area contributed by atoms with Crippen LogP contribution in [0.4, 0.5) is 8.78 Å². The number of fused-ring (bicyclic) bond motifs is 1. The van der Waals surface area contributed by atoms with Crippen molar-refractivity contribution in [3.63, 3.8) is 0 Å². The highest BCUT2D eigenvalue weighted by molar-refractivity contribution is 5.80. The zero-order valence-corrected chi connectivity index (χ0v) is 17.5. The molecule has 5 rings (SSSR count). The summed E-state index contributed by atoms with van der Waals surface area (Å²) in [6.07, 6.45) is 3.72. The van der Waals surface area contributed by atoms with Gasteiger partial charge in [-0.3, -0.25) is 9.78 Å². The van der Waals surface area contributed by atoms with Gasteiger partial charge in [-0.2, -0.15) is 10.4 Å². The number of hydrogen-bond donors (Lipinski definition) is 1. The molecule has 1 saturated carbocycles. The summed E-state index contributed by atoms with van der Waals surface area (Å²) in [4.78, 5) is 32.9. The molecule has 1 aliphatic carbocycles. The van der Waals surface area contributed by atoms with Crippen molar-refractivity contribution in [2.24, 2.45) is 0 Å². The van der Waals surface area contributed by atoms with E-state index in [0.29, 0.717) is 17.2 Å². The minimum atomic E-state index is -2.67. The van der Waals surface area contributed by atoms with Gasteiger partial charge in [0, 0.05) is 30.4 Å². The molecule has 11 heteroatoms. The average molecular weight is 448 g/mol. The van der Waals surface area contributed by atoms with Gasteiger partial charge in [0.25, 0.3) is 12.0 Å². The predicted octanol–water partition coefficient (Wildman–Crippen LogP) is 3.38. The molecule has 0 spiro atoms. The molecule has 0 unspecified atom stereocenters. The number of halogens is 2. The van der Waals surface area contributed by atoms with Crippen LogP contribution in [-0.4, -0.2) is 34.7 Å². The Balaban J connectivity index is 1.58. The number of H-pyrrole nitrogens is 1. The summed E-state index contributed by atoms with van der Waals surface area (Å²) in [5.74, 6) is 1.14. The van der Waals surface area contributed by atoms with Crippen molar-refractivity contribution in [1.82, 2.24) is 34.7 Å². The first-order valence-electron chi connectivity index (χ1n) is 10.4. The Hall–Kier alpha value is -4.07. The summed E-state index contributed by atoms with van der Waals surface area (Å²) in [5.41, 5.74) is 0.0261. The number of nitriles is 1. The first-order chi connectivity index (χ1) is 16.0. The molecule has 0 aromatic carbocycles. The Morgan fingerprint density at radius 1 is 1.18 bits per heavy atom. The van der Waals surface area contributed by atoms with Gasteiger partial charge in [-0.05, 0) is 37.5 Å². The van der Waals surface area contributed by atoms with Gasteiger partial charge in [-0.1, -0.05) is 6.07 Å². The van der Waals surface area contributed by atoms with E-state index in [9.17, 15) is 18.8 Å². The second-order valence-corrected chi connectivity index (χ2v) is 7.95. The molecule has 1 fully saturated rings. The van der Waals surface area contributed by atoms with E-state index in [1.165, 1.54) is 23.0 Å². The molecule has 0 bridgehead atoms. The van der Waals surface area contributed by atoms with Gasteiger partial charge >= 0.3 is 0 Å². The molecule has 0 saturated heterocycles. The maximum absolute atomic E-state index is 12.9. The van der Waals surface area contributed by atoms with Gasteiger partial charge in [0.15, 0.2) is 11.3 Å². The quantitative estimate of drug-likeness (QED) is 0.496. The Bertz CT molecular complexity index is 1410. The molecule has 9 nitrogen and oxygen atoms in total. The first-order valence-corrected chi connectivity index (χ1v) is 10.4. The van der Waals surface area contributed by atoms with Crippen LogP contribution in [0.1, 0.15) is 72.7 Å². The van der Waals surface area contributed by atoms with Crippen LogP contribution < -0.4 is 5.56 Å². The molecule has 3 atom stereocenters. The van der Waals surface area contributed by atoms with Crippen LogP contribution in [0.25, 0.3) is 11.0 Å². The van der Waals surface area contributed by atoms with Gasteiger partial charge in [0.2, 0.25) is 0 Å². The van der Waals surface area contributed by atoms with Gasteiger partial charge < -0.3 is 4.98 Å². The second kappa shape index (κ2) is 8.12. The Morgan fingerprint density at radius 2 is 1.94 bits per heavy atom. The van der Waals surface area contributed by atoms with E-state index in [0.717, 1.165) is 12.8 Å². The van der Waals surface area contributed by atoms with Crippen LogP contribution in [0.2, 0.25) is 0 Å². The lowest BCUT2D eigenvalue weighted by atomic mass is 9.72. The molecular formula is C22H18F2N8O. The molecule has 0 amide bonds. The van der Waals surface area contributed by atoms with Gasteiger partial charge in [-0.25, -0.2) is 28.4 Å². The van der Waals surface area contributed by atoms with Crippen LogP contribution in [0.3, 0.4) is 0 Å². The van der Waals surface area contributed by atoms with Crippen molar-refractivity contribution in [2.75, 3.05) is 0 Å². The number of rotatable bonds is 5. The second-order valence-electron chi connectivity index (χ2n) is 7.95. The predicted molar refractivity (Wildman–Crippen MR) is 113 cm³/mol. The van der Waals surface area contributed by atoms with Crippen molar-refractivity contribution in [3.8, 4) is 6.07 Å². The van der Waals surface area contributed by atoms with Crippen molar-refractivity contribution in [1.29, 1.82) is 5.26 Å². The van der Waals surface area contributed by atoms with Crippen LogP contribution in [0.15, 0.2) is 41.6 Å². The molecule has 4 heterocycles. The van der Waals surface area contributed by atoms with E-state index in [2.05, 4.69) is 25.0 Å². The Labute approximate surface area is 186 Å². The molecule has 166 valence electrons. The number of hydrogen-bond acceptors (Lipinski definition) is 7. The van der Waals surface area contributed by atoms with Crippen LogP contribution in [-0.2, 0) is 0 Å². The standard InChI is InChI=1S/C22H18F2N8O/c1-11(12-3-6-15(18(23)24)28-10-12)32-21-17(16(9-25)31-32)22(33)30-20(29-21)14-5-4-13(14)19-26-7-2-8-27-19/h2-3,6-8,10-11,13-14,18H,4-5H2,1H3,(H,29,30,33)/t11-,13-,14+/m1/s1. The number of alkyl halides is 2. The lowest BCUT2D eigenvalue weighted by Gasteiger charge is -2.34. The summed E-state index contributed by atoms with van der Waals surface area (Å²) < 4.78 is 27.2. The highest BCUT2D eigenvalue weighted by Crippen LogP contribution is 2.46. The third-order valence-electron chi connectivity index (χ3n) is 6.11. The summed E-state index contributed by atoms with van der Waals surface area (Å²) in [7, 11) is 0. The minimum Gasteiger partial charge on any atom is -0.310 e. The lowest BCUT2D eigenvalue weighted by molar-refractivity contribution is 0.146. The van der Waals surface area contributed by atoms with E-state index in [1.807, 2.05) is 6.07 Å². The average Bonchev–Trinajstić information content (AvgIpc) is 3.18. The highest BCUT2D eigenvalue weighted by Gasteiger charge is 2.37. The first kappa shape index (κ1) is 20.8. The van der Waals surface area contributed by atoms with Gasteiger partial charge in [0.1, 0.15) is 28.8 Å². The number of nitrogens with one attached hydrogen (secondary N) is 1. The third kappa shape index (κ3) is 3.53. The Kier molecular flexibility index (Phi) is 5.12. The van der Waals surface area contributed by atoms with Crippen molar-refractivity contribution in [3.05, 3.63) is 75.7 Å². The smallest absolute Gasteiger partial charge is 0.280 e.